The van der Waals surface area contributed by atoms with E-state index >= 15 is 0 Å². The predicted molar refractivity (Wildman–Crippen MR) is 114 cm³/mol. The van der Waals surface area contributed by atoms with Crippen molar-refractivity contribution in [2.45, 2.75) is 129 Å². The van der Waals surface area contributed by atoms with Gasteiger partial charge in [0.05, 0.1) is 18.2 Å². The fraction of sp³-hybridized carbons (Fsp3) is 0.957. The quantitative estimate of drug-likeness (QED) is 0.274. The Morgan fingerprint density at radius 3 is 2.00 bits per heavy atom. The summed E-state index contributed by atoms with van der Waals surface area (Å²) >= 11 is 0. The average Bonchev–Trinajstić information content (AvgIpc) is 2.97. The van der Waals surface area contributed by atoms with Crippen LogP contribution in [0.5, 0.6) is 0 Å². The molecule has 1 heterocycles. The maximum atomic E-state index is 10.7. The maximum absolute atomic E-state index is 10.7. The van der Waals surface area contributed by atoms with Crippen molar-refractivity contribution in [3.05, 3.63) is 0 Å². The van der Waals surface area contributed by atoms with Gasteiger partial charge in [0.15, 0.2) is 0 Å². The standard InChI is InChI=1S/C23H45NO4/c1-4-5-6-7-8-9-10-11-13-16-21(17-14-12-15-18-22(25)26)28-24-20-27-19-23(24,2)3/h21H,4-20H2,1-3H3,(H,25,26). The first-order valence-electron chi connectivity index (χ1n) is 11.7. The Morgan fingerprint density at radius 1 is 0.964 bits per heavy atom. The Bertz CT molecular complexity index is 400. The summed E-state index contributed by atoms with van der Waals surface area (Å²) in [6, 6.07) is 0. The van der Waals surface area contributed by atoms with Crippen LogP contribution in [0.4, 0.5) is 0 Å². The molecule has 28 heavy (non-hydrogen) atoms. The van der Waals surface area contributed by atoms with E-state index in [0.717, 1.165) is 32.1 Å². The van der Waals surface area contributed by atoms with Gasteiger partial charge in [-0.25, -0.2) is 0 Å². The second-order valence-corrected chi connectivity index (χ2v) is 9.01. The van der Waals surface area contributed by atoms with Gasteiger partial charge in [-0.1, -0.05) is 77.6 Å². The van der Waals surface area contributed by atoms with Gasteiger partial charge in [0.25, 0.3) is 0 Å². The van der Waals surface area contributed by atoms with E-state index in [0.29, 0.717) is 13.3 Å². The molecule has 1 saturated heterocycles. The molecular formula is C23H45NO4. The molecule has 0 bridgehead atoms. The highest BCUT2D eigenvalue weighted by Gasteiger charge is 2.35. The van der Waals surface area contributed by atoms with Crippen LogP contribution < -0.4 is 0 Å². The Labute approximate surface area is 173 Å². The van der Waals surface area contributed by atoms with Crippen molar-refractivity contribution in [3.63, 3.8) is 0 Å². The molecule has 0 saturated carbocycles. The van der Waals surface area contributed by atoms with Gasteiger partial charge >= 0.3 is 5.97 Å². The highest BCUT2D eigenvalue weighted by Crippen LogP contribution is 2.26. The zero-order valence-electron chi connectivity index (χ0n) is 18.7. The Hall–Kier alpha value is -0.650. The lowest BCUT2D eigenvalue weighted by Gasteiger charge is -2.32. The summed E-state index contributed by atoms with van der Waals surface area (Å²) in [5.74, 6) is -0.696. The number of carboxylic acid groups (broad SMARTS) is 1. The number of ether oxygens (including phenoxy) is 1. The van der Waals surface area contributed by atoms with Crippen molar-refractivity contribution in [2.24, 2.45) is 0 Å². The van der Waals surface area contributed by atoms with Crippen LogP contribution in [0.2, 0.25) is 0 Å². The molecule has 1 N–H and O–H groups in total. The van der Waals surface area contributed by atoms with Crippen LogP contribution in [0.3, 0.4) is 0 Å². The third-order valence-corrected chi connectivity index (χ3v) is 5.66. The van der Waals surface area contributed by atoms with Crippen LogP contribution >= 0.6 is 0 Å². The average molecular weight is 400 g/mol. The minimum Gasteiger partial charge on any atom is -0.481 e. The van der Waals surface area contributed by atoms with E-state index in [1.54, 1.807) is 0 Å². The minimum absolute atomic E-state index is 0.0694. The van der Waals surface area contributed by atoms with E-state index in [1.165, 1.54) is 57.8 Å². The summed E-state index contributed by atoms with van der Waals surface area (Å²) in [6.45, 7) is 7.82. The number of carbonyl (C=O) groups is 1. The Balaban J connectivity index is 2.23. The Kier molecular flexibility index (Phi) is 13.8. The van der Waals surface area contributed by atoms with E-state index in [9.17, 15) is 4.79 Å². The second-order valence-electron chi connectivity index (χ2n) is 9.01. The number of hydrogen-bond donors (Lipinski definition) is 1. The van der Waals surface area contributed by atoms with Crippen molar-refractivity contribution >= 4 is 5.97 Å². The summed E-state index contributed by atoms with van der Waals surface area (Å²) in [7, 11) is 0. The second kappa shape index (κ2) is 15.2. The molecule has 1 fully saturated rings. The van der Waals surface area contributed by atoms with Crippen LogP contribution in [0.1, 0.15) is 117 Å². The lowest BCUT2D eigenvalue weighted by Crippen LogP contribution is -2.42. The SMILES string of the molecule is CCCCCCCCCCCC(CCCCCC(=O)O)ON1COCC1(C)C. The zero-order valence-corrected chi connectivity index (χ0v) is 18.7. The van der Waals surface area contributed by atoms with Crippen molar-refractivity contribution in [3.8, 4) is 0 Å². The van der Waals surface area contributed by atoms with Gasteiger partial charge < -0.3 is 9.84 Å². The van der Waals surface area contributed by atoms with Crippen molar-refractivity contribution in [1.82, 2.24) is 5.06 Å². The third-order valence-electron chi connectivity index (χ3n) is 5.66. The summed E-state index contributed by atoms with van der Waals surface area (Å²) < 4.78 is 5.58. The van der Waals surface area contributed by atoms with E-state index in [2.05, 4.69) is 20.8 Å². The molecule has 1 atom stereocenters. The van der Waals surface area contributed by atoms with E-state index in [4.69, 9.17) is 14.7 Å². The molecule has 1 aliphatic heterocycles. The number of carboxylic acids is 1. The molecule has 5 nitrogen and oxygen atoms in total. The first-order valence-corrected chi connectivity index (χ1v) is 11.7. The summed E-state index contributed by atoms with van der Waals surface area (Å²) in [5, 5.41) is 10.8. The van der Waals surface area contributed by atoms with Gasteiger partial charge in [0.2, 0.25) is 0 Å². The van der Waals surface area contributed by atoms with Crippen LogP contribution in [-0.2, 0) is 14.4 Å². The van der Waals surface area contributed by atoms with Gasteiger partial charge in [-0.2, -0.15) is 5.06 Å². The molecule has 0 radical (unpaired) electrons. The van der Waals surface area contributed by atoms with Crippen molar-refractivity contribution in [1.29, 1.82) is 0 Å². The fourth-order valence-corrected chi connectivity index (χ4v) is 3.74. The number of hydroxylamine groups is 2. The lowest BCUT2D eigenvalue weighted by molar-refractivity contribution is -0.238. The summed E-state index contributed by atoms with van der Waals surface area (Å²) in [5.41, 5.74) is -0.0694. The van der Waals surface area contributed by atoms with E-state index in [-0.39, 0.29) is 18.1 Å². The van der Waals surface area contributed by atoms with Gasteiger partial charge in [0, 0.05) is 6.42 Å². The molecule has 166 valence electrons. The molecule has 1 unspecified atom stereocenters. The molecule has 1 aliphatic rings. The zero-order chi connectivity index (χ0) is 20.7. The van der Waals surface area contributed by atoms with Crippen molar-refractivity contribution < 1.29 is 19.5 Å². The monoisotopic (exact) mass is 399 g/mol. The molecule has 0 aromatic carbocycles. The predicted octanol–water partition coefficient (Wildman–Crippen LogP) is 6.31. The number of aliphatic carboxylic acids is 1. The first kappa shape index (κ1) is 25.4. The molecule has 0 aromatic rings. The summed E-state index contributed by atoms with van der Waals surface area (Å²) in [6.07, 6.45) is 17.4. The van der Waals surface area contributed by atoms with Crippen molar-refractivity contribution in [2.75, 3.05) is 13.3 Å². The van der Waals surface area contributed by atoms with Gasteiger partial charge in [-0.3, -0.25) is 9.63 Å². The van der Waals surface area contributed by atoms with Crippen LogP contribution in [-0.4, -0.2) is 41.1 Å². The molecule has 0 amide bonds. The minimum atomic E-state index is -0.696. The number of hydrogen-bond acceptors (Lipinski definition) is 4. The highest BCUT2D eigenvalue weighted by atomic mass is 16.7. The van der Waals surface area contributed by atoms with Crippen LogP contribution in [0.25, 0.3) is 0 Å². The lowest BCUT2D eigenvalue weighted by atomic mass is 10.0. The van der Waals surface area contributed by atoms with E-state index < -0.39 is 5.97 Å². The molecule has 0 aromatic heterocycles. The van der Waals surface area contributed by atoms with E-state index in [1.807, 2.05) is 5.06 Å². The smallest absolute Gasteiger partial charge is 0.303 e. The molecule has 1 rings (SSSR count). The maximum Gasteiger partial charge on any atom is 0.303 e. The number of rotatable bonds is 18. The molecule has 5 heteroatoms. The molecule has 0 spiro atoms. The van der Waals surface area contributed by atoms with Gasteiger partial charge in [0.1, 0.15) is 6.73 Å². The molecular weight excluding hydrogens is 354 g/mol. The normalized spacial score (nSPS) is 17.8. The Morgan fingerprint density at radius 2 is 1.50 bits per heavy atom. The topological polar surface area (TPSA) is 59.0 Å². The first-order chi connectivity index (χ1) is 13.5. The third kappa shape index (κ3) is 12.0. The number of unbranched alkanes of at least 4 members (excludes halogenated alkanes) is 10. The fourth-order valence-electron chi connectivity index (χ4n) is 3.74. The number of nitrogens with zero attached hydrogens (tertiary/aromatic N) is 1. The van der Waals surface area contributed by atoms with Crippen LogP contribution in [0, 0.1) is 0 Å². The molecule has 0 aliphatic carbocycles. The van der Waals surface area contributed by atoms with Gasteiger partial charge in [-0.05, 0) is 33.1 Å². The summed E-state index contributed by atoms with van der Waals surface area (Å²) in [4.78, 5) is 17.0. The largest absolute Gasteiger partial charge is 0.481 e. The van der Waals surface area contributed by atoms with Crippen LogP contribution in [0.15, 0.2) is 0 Å². The van der Waals surface area contributed by atoms with Gasteiger partial charge in [-0.15, -0.1) is 0 Å². The highest BCUT2D eigenvalue weighted by molar-refractivity contribution is 5.66.